The number of carbonyl (C=O) groups excluding carboxylic acids is 1. The van der Waals surface area contributed by atoms with Crippen molar-refractivity contribution in [3.05, 3.63) is 0 Å². The van der Waals surface area contributed by atoms with Gasteiger partial charge < -0.3 is 11.1 Å². The van der Waals surface area contributed by atoms with E-state index in [1.165, 1.54) is 25.7 Å². The summed E-state index contributed by atoms with van der Waals surface area (Å²) in [7, 11) is 0. The van der Waals surface area contributed by atoms with Crippen molar-refractivity contribution in [2.45, 2.75) is 45.1 Å². The Morgan fingerprint density at radius 2 is 2.29 bits per heavy atom. The molecule has 1 aliphatic carbocycles. The molecule has 0 saturated heterocycles. The van der Waals surface area contributed by atoms with Crippen LogP contribution in [0.1, 0.15) is 39.0 Å². The van der Waals surface area contributed by atoms with E-state index >= 15 is 0 Å². The van der Waals surface area contributed by atoms with E-state index in [2.05, 4.69) is 12.2 Å². The van der Waals surface area contributed by atoms with Gasteiger partial charge in [-0.1, -0.05) is 19.8 Å². The number of hydrogen-bond acceptors (Lipinski definition) is 3. The van der Waals surface area contributed by atoms with Crippen LogP contribution in [-0.2, 0) is 4.79 Å². The lowest BCUT2D eigenvalue weighted by Crippen LogP contribution is -2.43. The fourth-order valence-corrected chi connectivity index (χ4v) is 2.99. The molecule has 3 atom stereocenters. The Balaban J connectivity index is 2.18. The molecule has 1 amide bonds. The summed E-state index contributed by atoms with van der Waals surface area (Å²) in [4.78, 5) is 11.7. The first-order valence-electron chi connectivity index (χ1n) is 6.65. The van der Waals surface area contributed by atoms with E-state index < -0.39 is 0 Å². The summed E-state index contributed by atoms with van der Waals surface area (Å²) in [5, 5.41) is 3.01. The summed E-state index contributed by atoms with van der Waals surface area (Å²) in [6.07, 6.45) is 7.96. The lowest BCUT2D eigenvalue weighted by Gasteiger charge is -2.27. The fourth-order valence-electron chi connectivity index (χ4n) is 2.50. The quantitative estimate of drug-likeness (QED) is 0.766. The van der Waals surface area contributed by atoms with Crippen molar-refractivity contribution in [2.24, 2.45) is 17.6 Å². The molecule has 1 rings (SSSR count). The predicted molar refractivity (Wildman–Crippen MR) is 75.1 cm³/mol. The molecule has 0 aromatic heterocycles. The van der Waals surface area contributed by atoms with Gasteiger partial charge in [0, 0.05) is 6.54 Å². The van der Waals surface area contributed by atoms with E-state index in [4.69, 9.17) is 5.73 Å². The summed E-state index contributed by atoms with van der Waals surface area (Å²) < 4.78 is 0. The maximum absolute atomic E-state index is 11.7. The van der Waals surface area contributed by atoms with Crippen LogP contribution >= 0.6 is 11.8 Å². The van der Waals surface area contributed by atoms with Gasteiger partial charge in [-0.2, -0.15) is 11.8 Å². The van der Waals surface area contributed by atoms with Gasteiger partial charge in [0.05, 0.1) is 6.04 Å². The van der Waals surface area contributed by atoms with Crippen LogP contribution in [0, 0.1) is 11.8 Å². The van der Waals surface area contributed by atoms with E-state index in [-0.39, 0.29) is 11.9 Å². The molecule has 0 bridgehead atoms. The van der Waals surface area contributed by atoms with Crippen LogP contribution in [0.5, 0.6) is 0 Å². The van der Waals surface area contributed by atoms with Crippen LogP contribution in [0.2, 0.25) is 0 Å². The standard InChI is InChI=1S/C13H26N2OS/c1-10-4-3-5-11(8-10)9-15-13(16)12(14)6-7-17-2/h10-12H,3-9,14H2,1-2H3,(H,15,16)/t10?,11?,12-/m0/s1. The molecule has 4 heteroatoms. The number of hydrogen-bond donors (Lipinski definition) is 2. The largest absolute Gasteiger partial charge is 0.354 e. The Morgan fingerprint density at radius 1 is 1.53 bits per heavy atom. The van der Waals surface area contributed by atoms with Crippen LogP contribution < -0.4 is 11.1 Å². The topological polar surface area (TPSA) is 55.1 Å². The predicted octanol–water partition coefficient (Wildman–Crippen LogP) is 2.01. The van der Waals surface area contributed by atoms with Crippen molar-refractivity contribution in [3.63, 3.8) is 0 Å². The van der Waals surface area contributed by atoms with Gasteiger partial charge in [0.15, 0.2) is 0 Å². The van der Waals surface area contributed by atoms with E-state index in [0.29, 0.717) is 5.92 Å². The minimum absolute atomic E-state index is 0.0253. The Bertz CT molecular complexity index is 235. The molecule has 1 saturated carbocycles. The van der Waals surface area contributed by atoms with Crippen molar-refractivity contribution >= 4 is 17.7 Å². The smallest absolute Gasteiger partial charge is 0.236 e. The molecule has 100 valence electrons. The van der Waals surface area contributed by atoms with Crippen molar-refractivity contribution in [2.75, 3.05) is 18.6 Å². The summed E-state index contributed by atoms with van der Waals surface area (Å²) in [5.41, 5.74) is 5.82. The van der Waals surface area contributed by atoms with Crippen LogP contribution in [0.3, 0.4) is 0 Å². The van der Waals surface area contributed by atoms with Gasteiger partial charge >= 0.3 is 0 Å². The molecule has 3 N–H and O–H groups in total. The number of thioether (sulfide) groups is 1. The molecular weight excluding hydrogens is 232 g/mol. The molecule has 0 aromatic carbocycles. The Kier molecular flexibility index (Phi) is 6.97. The minimum atomic E-state index is -0.330. The highest BCUT2D eigenvalue weighted by Crippen LogP contribution is 2.27. The molecule has 2 unspecified atom stereocenters. The zero-order valence-corrected chi connectivity index (χ0v) is 11.9. The van der Waals surface area contributed by atoms with Crippen molar-refractivity contribution < 1.29 is 4.79 Å². The lowest BCUT2D eigenvalue weighted by molar-refractivity contribution is -0.122. The molecule has 0 spiro atoms. The number of nitrogens with one attached hydrogen (secondary N) is 1. The summed E-state index contributed by atoms with van der Waals surface area (Å²) in [6, 6.07) is -0.330. The van der Waals surface area contributed by atoms with Crippen LogP contribution in [0.25, 0.3) is 0 Å². The molecule has 3 nitrogen and oxygen atoms in total. The maximum Gasteiger partial charge on any atom is 0.236 e. The third kappa shape index (κ3) is 5.77. The molecule has 0 heterocycles. The minimum Gasteiger partial charge on any atom is -0.354 e. The highest BCUT2D eigenvalue weighted by atomic mass is 32.2. The summed E-state index contributed by atoms with van der Waals surface area (Å²) in [6.45, 7) is 3.12. The second kappa shape index (κ2) is 7.98. The van der Waals surface area contributed by atoms with Gasteiger partial charge in [0.1, 0.15) is 0 Å². The lowest BCUT2D eigenvalue weighted by atomic mass is 9.82. The third-order valence-electron chi connectivity index (χ3n) is 3.58. The van der Waals surface area contributed by atoms with Crippen molar-refractivity contribution in [1.82, 2.24) is 5.32 Å². The molecular formula is C13H26N2OS. The maximum atomic E-state index is 11.7. The Hall–Kier alpha value is -0.220. The normalized spacial score (nSPS) is 26.5. The molecule has 1 fully saturated rings. The molecule has 0 radical (unpaired) electrons. The summed E-state index contributed by atoms with van der Waals surface area (Å²) >= 11 is 1.73. The third-order valence-corrected chi connectivity index (χ3v) is 4.22. The average molecular weight is 258 g/mol. The van der Waals surface area contributed by atoms with Gasteiger partial charge in [-0.05, 0) is 43.1 Å². The van der Waals surface area contributed by atoms with E-state index in [1.54, 1.807) is 11.8 Å². The highest BCUT2D eigenvalue weighted by Gasteiger charge is 2.20. The molecule has 17 heavy (non-hydrogen) atoms. The van der Waals surface area contributed by atoms with Gasteiger partial charge in [-0.3, -0.25) is 4.79 Å². The first-order chi connectivity index (χ1) is 8.13. The van der Waals surface area contributed by atoms with E-state index in [0.717, 1.165) is 24.6 Å². The second-order valence-corrected chi connectivity index (χ2v) is 6.26. The van der Waals surface area contributed by atoms with E-state index in [1.807, 2.05) is 6.26 Å². The van der Waals surface area contributed by atoms with Gasteiger partial charge in [0.25, 0.3) is 0 Å². The number of nitrogens with two attached hydrogens (primary N) is 1. The fraction of sp³-hybridized carbons (Fsp3) is 0.923. The van der Waals surface area contributed by atoms with Gasteiger partial charge in [-0.15, -0.1) is 0 Å². The average Bonchev–Trinajstić information content (AvgIpc) is 2.33. The van der Waals surface area contributed by atoms with Crippen LogP contribution in [0.4, 0.5) is 0 Å². The SMILES string of the molecule is CSCC[C@H](N)C(=O)NCC1CCCC(C)C1. The Labute approximate surface area is 109 Å². The molecule has 0 aliphatic heterocycles. The zero-order valence-electron chi connectivity index (χ0n) is 11.1. The van der Waals surface area contributed by atoms with E-state index in [9.17, 15) is 4.79 Å². The molecule has 0 aromatic rings. The van der Waals surface area contributed by atoms with Crippen LogP contribution in [-0.4, -0.2) is 30.5 Å². The molecule has 1 aliphatic rings. The second-order valence-electron chi connectivity index (χ2n) is 5.27. The first kappa shape index (κ1) is 14.8. The van der Waals surface area contributed by atoms with Crippen molar-refractivity contribution in [1.29, 1.82) is 0 Å². The number of amides is 1. The summed E-state index contributed by atoms with van der Waals surface area (Å²) in [5.74, 6) is 2.46. The number of carbonyl (C=O) groups is 1. The van der Waals surface area contributed by atoms with Crippen LogP contribution in [0.15, 0.2) is 0 Å². The Morgan fingerprint density at radius 3 is 2.94 bits per heavy atom. The highest BCUT2D eigenvalue weighted by molar-refractivity contribution is 7.98. The number of rotatable bonds is 6. The van der Waals surface area contributed by atoms with Gasteiger partial charge in [-0.25, -0.2) is 0 Å². The van der Waals surface area contributed by atoms with Crippen molar-refractivity contribution in [3.8, 4) is 0 Å². The van der Waals surface area contributed by atoms with Gasteiger partial charge in [0.2, 0.25) is 5.91 Å². The zero-order chi connectivity index (χ0) is 12.7. The first-order valence-corrected chi connectivity index (χ1v) is 8.05. The monoisotopic (exact) mass is 258 g/mol.